The van der Waals surface area contributed by atoms with Crippen molar-refractivity contribution >= 4 is 16.7 Å². The van der Waals surface area contributed by atoms with Gasteiger partial charge in [-0.2, -0.15) is 0 Å². The molecule has 1 rings (SSSR count). The van der Waals surface area contributed by atoms with Crippen LogP contribution >= 0.6 is 0 Å². The molecule has 1 amide bonds. The zero-order valence-corrected chi connectivity index (χ0v) is 10.2. The molecule has 88 valence electrons. The summed E-state index contributed by atoms with van der Waals surface area (Å²) in [6, 6.07) is 0. The minimum atomic E-state index is -0.884. The van der Waals surface area contributed by atoms with E-state index in [1.807, 2.05) is 6.92 Å². The molecule has 1 fully saturated rings. The lowest BCUT2D eigenvalue weighted by atomic mass is 9.75. The first-order valence-electron chi connectivity index (χ1n) is 5.31. The lowest BCUT2D eigenvalue weighted by Gasteiger charge is -2.37. The van der Waals surface area contributed by atoms with E-state index in [0.29, 0.717) is 13.0 Å². The van der Waals surface area contributed by atoms with E-state index >= 15 is 0 Å². The average molecular weight is 232 g/mol. The Hall–Kier alpha value is -0.420. The maximum Gasteiger partial charge on any atom is 0.221 e. The Kier molecular flexibility index (Phi) is 4.28. The number of amides is 1. The number of hydrogen-bond donors (Lipinski definition) is 2. The maximum atomic E-state index is 11.5. The molecule has 2 unspecified atom stereocenters. The lowest BCUT2D eigenvalue weighted by Crippen LogP contribution is -2.50. The Bertz CT molecular complexity index is 264. The maximum absolute atomic E-state index is 11.5. The van der Waals surface area contributed by atoms with Crippen LogP contribution in [0.3, 0.4) is 0 Å². The van der Waals surface area contributed by atoms with Crippen LogP contribution in [-0.4, -0.2) is 33.7 Å². The van der Waals surface area contributed by atoms with Crippen LogP contribution in [0, 0.1) is 0 Å². The lowest BCUT2D eigenvalue weighted by molar-refractivity contribution is -0.122. The number of rotatable bonds is 5. The Balaban J connectivity index is 2.21. The van der Waals surface area contributed by atoms with Gasteiger partial charge in [-0.15, -0.1) is 0 Å². The van der Waals surface area contributed by atoms with E-state index in [9.17, 15) is 9.00 Å². The first-order chi connectivity index (χ1) is 6.93. The molecule has 1 aliphatic carbocycles. The van der Waals surface area contributed by atoms with Crippen molar-refractivity contribution in [3.05, 3.63) is 0 Å². The average Bonchev–Trinajstić information content (AvgIpc) is 2.11. The first kappa shape index (κ1) is 12.6. The first-order valence-corrected chi connectivity index (χ1v) is 6.93. The van der Waals surface area contributed by atoms with E-state index in [4.69, 9.17) is 5.73 Å². The van der Waals surface area contributed by atoms with Gasteiger partial charge in [0, 0.05) is 40.8 Å². The molecule has 1 saturated carbocycles. The van der Waals surface area contributed by atoms with Gasteiger partial charge in [-0.3, -0.25) is 9.00 Å². The van der Waals surface area contributed by atoms with Gasteiger partial charge in [0.25, 0.3) is 0 Å². The quantitative estimate of drug-likeness (QED) is 0.708. The second-order valence-electron chi connectivity index (χ2n) is 4.51. The van der Waals surface area contributed by atoms with Gasteiger partial charge >= 0.3 is 0 Å². The van der Waals surface area contributed by atoms with Crippen molar-refractivity contribution in [1.29, 1.82) is 0 Å². The van der Waals surface area contributed by atoms with Crippen molar-refractivity contribution in [3.63, 3.8) is 0 Å². The highest BCUT2D eigenvalue weighted by atomic mass is 32.2. The van der Waals surface area contributed by atoms with Gasteiger partial charge in [0.15, 0.2) is 0 Å². The van der Waals surface area contributed by atoms with Crippen molar-refractivity contribution in [2.45, 2.75) is 43.4 Å². The molecule has 0 heterocycles. The fraction of sp³-hybridized carbons (Fsp3) is 0.900. The highest BCUT2D eigenvalue weighted by Gasteiger charge is 2.34. The molecule has 0 saturated heterocycles. The summed E-state index contributed by atoms with van der Waals surface area (Å²) in [5, 5.41) is 2.78. The van der Waals surface area contributed by atoms with E-state index in [2.05, 4.69) is 5.32 Å². The predicted molar refractivity (Wildman–Crippen MR) is 61.9 cm³/mol. The van der Waals surface area contributed by atoms with Crippen molar-refractivity contribution in [1.82, 2.24) is 5.32 Å². The molecule has 0 aromatic carbocycles. The fourth-order valence-corrected chi connectivity index (χ4v) is 1.88. The van der Waals surface area contributed by atoms with Crippen LogP contribution in [0.25, 0.3) is 0 Å². The minimum Gasteiger partial charge on any atom is -0.355 e. The highest BCUT2D eigenvalue weighted by molar-refractivity contribution is 7.84. The number of nitrogens with one attached hydrogen (secondary N) is 1. The smallest absolute Gasteiger partial charge is 0.221 e. The van der Waals surface area contributed by atoms with Gasteiger partial charge in [-0.25, -0.2) is 0 Å². The van der Waals surface area contributed by atoms with Crippen molar-refractivity contribution < 1.29 is 9.00 Å². The number of hydrogen-bond acceptors (Lipinski definition) is 3. The van der Waals surface area contributed by atoms with Gasteiger partial charge in [0.1, 0.15) is 0 Å². The second kappa shape index (κ2) is 5.07. The monoisotopic (exact) mass is 232 g/mol. The molecule has 4 nitrogen and oxygen atoms in total. The molecular formula is C10H20N2O2S. The van der Waals surface area contributed by atoms with E-state index in [0.717, 1.165) is 19.3 Å². The van der Waals surface area contributed by atoms with E-state index in [-0.39, 0.29) is 16.7 Å². The summed E-state index contributed by atoms with van der Waals surface area (Å²) >= 11 is 0. The summed E-state index contributed by atoms with van der Waals surface area (Å²) in [5.41, 5.74) is 5.68. The second-order valence-corrected chi connectivity index (χ2v) is 6.31. The van der Waals surface area contributed by atoms with E-state index in [1.54, 1.807) is 6.26 Å². The number of carbonyl (C=O) groups is 1. The zero-order chi connectivity index (χ0) is 11.5. The highest BCUT2D eigenvalue weighted by Crippen LogP contribution is 2.31. The molecule has 3 N–H and O–H groups in total. The van der Waals surface area contributed by atoms with Crippen LogP contribution in [0.15, 0.2) is 0 Å². The van der Waals surface area contributed by atoms with Gasteiger partial charge in [0.05, 0.1) is 0 Å². The third kappa shape index (κ3) is 3.91. The summed E-state index contributed by atoms with van der Waals surface area (Å²) in [5.74, 6) is -0.0190. The van der Waals surface area contributed by atoms with Crippen LogP contribution in [0.2, 0.25) is 0 Å². The van der Waals surface area contributed by atoms with Gasteiger partial charge < -0.3 is 11.1 Å². The summed E-state index contributed by atoms with van der Waals surface area (Å²) in [6.45, 7) is 2.33. The Morgan fingerprint density at radius 2 is 2.20 bits per heavy atom. The fourth-order valence-electron chi connectivity index (χ4n) is 1.56. The number of nitrogens with two attached hydrogens (primary N) is 1. The summed E-state index contributed by atoms with van der Waals surface area (Å²) in [6.07, 6.45) is 5.05. The molecule has 15 heavy (non-hydrogen) atoms. The van der Waals surface area contributed by atoms with Crippen LogP contribution in [0.1, 0.15) is 32.6 Å². The predicted octanol–water partition coefficient (Wildman–Crippen LogP) is 0.141. The SMILES string of the molecule is CC(CNC(=O)CC1(N)CCC1)S(C)=O. The van der Waals surface area contributed by atoms with E-state index in [1.165, 1.54) is 0 Å². The third-order valence-electron chi connectivity index (χ3n) is 3.02. The van der Waals surface area contributed by atoms with Crippen molar-refractivity contribution in [3.8, 4) is 0 Å². The molecule has 5 heteroatoms. The molecule has 0 aromatic heterocycles. The molecule has 0 aromatic rings. The van der Waals surface area contributed by atoms with Crippen LogP contribution in [0.4, 0.5) is 0 Å². The standard InChI is InChI=1S/C10H20N2O2S/c1-8(15(2)14)7-12-9(13)6-10(11)4-3-5-10/h8H,3-7,11H2,1-2H3,(H,12,13). The summed E-state index contributed by atoms with van der Waals surface area (Å²) in [7, 11) is -0.884. The van der Waals surface area contributed by atoms with Gasteiger partial charge in [0.2, 0.25) is 5.91 Å². The van der Waals surface area contributed by atoms with Crippen molar-refractivity contribution in [2.75, 3.05) is 12.8 Å². The van der Waals surface area contributed by atoms with Crippen LogP contribution in [0.5, 0.6) is 0 Å². The van der Waals surface area contributed by atoms with Crippen LogP contribution in [-0.2, 0) is 15.6 Å². The minimum absolute atomic E-state index is 0.00376. The number of carbonyl (C=O) groups excluding carboxylic acids is 1. The topological polar surface area (TPSA) is 72.2 Å². The third-order valence-corrected chi connectivity index (χ3v) is 4.32. The molecule has 0 spiro atoms. The Labute approximate surface area is 93.4 Å². The molecule has 2 atom stereocenters. The van der Waals surface area contributed by atoms with Crippen LogP contribution < -0.4 is 11.1 Å². The molecule has 0 aliphatic heterocycles. The normalized spacial score (nSPS) is 22.6. The molecule has 0 radical (unpaired) electrons. The van der Waals surface area contributed by atoms with Gasteiger partial charge in [-0.05, 0) is 26.2 Å². The largest absolute Gasteiger partial charge is 0.355 e. The summed E-state index contributed by atoms with van der Waals surface area (Å²) in [4.78, 5) is 11.5. The summed E-state index contributed by atoms with van der Waals surface area (Å²) < 4.78 is 11.0. The Morgan fingerprint density at radius 1 is 1.60 bits per heavy atom. The van der Waals surface area contributed by atoms with E-state index < -0.39 is 10.8 Å². The van der Waals surface area contributed by atoms with Crippen molar-refractivity contribution in [2.24, 2.45) is 5.73 Å². The molecule has 0 bridgehead atoms. The van der Waals surface area contributed by atoms with Gasteiger partial charge in [-0.1, -0.05) is 0 Å². The molecular weight excluding hydrogens is 212 g/mol. The Morgan fingerprint density at radius 3 is 2.60 bits per heavy atom. The zero-order valence-electron chi connectivity index (χ0n) is 9.41. The molecule has 1 aliphatic rings.